The quantitative estimate of drug-likeness (QED) is 0.689. The third-order valence-corrected chi connectivity index (χ3v) is 4.04. The van der Waals surface area contributed by atoms with Crippen LogP contribution in [0.25, 0.3) is 10.9 Å². The Bertz CT molecular complexity index is 1020. The molecule has 0 radical (unpaired) electrons. The first kappa shape index (κ1) is 19.3. The molecule has 0 aliphatic carbocycles. The number of carbonyl (C=O) groups is 2. The highest BCUT2D eigenvalue weighted by Gasteiger charge is 2.15. The van der Waals surface area contributed by atoms with Crippen LogP contribution in [0.3, 0.4) is 0 Å². The first-order valence-corrected chi connectivity index (χ1v) is 8.76. The second-order valence-electron chi connectivity index (χ2n) is 6.51. The maximum Gasteiger partial charge on any atom is 0.274 e. The van der Waals surface area contributed by atoms with Crippen LogP contribution in [0.15, 0.2) is 54.6 Å². The molecule has 0 saturated carbocycles. The molecule has 0 unspecified atom stereocenters. The van der Waals surface area contributed by atoms with Gasteiger partial charge in [-0.3, -0.25) is 9.59 Å². The van der Waals surface area contributed by atoms with E-state index in [4.69, 9.17) is 4.74 Å². The number of likely N-dealkylation sites (N-methyl/N-ethyl adjacent to an activating group) is 1. The van der Waals surface area contributed by atoms with Gasteiger partial charge in [-0.25, -0.2) is 4.98 Å². The van der Waals surface area contributed by atoms with Crippen LogP contribution in [0.4, 0.5) is 11.4 Å². The van der Waals surface area contributed by atoms with Crippen molar-refractivity contribution >= 4 is 34.1 Å². The van der Waals surface area contributed by atoms with Crippen molar-refractivity contribution in [3.8, 4) is 5.75 Å². The van der Waals surface area contributed by atoms with Gasteiger partial charge in [-0.05, 0) is 38.4 Å². The molecule has 0 saturated heterocycles. The molecule has 7 heteroatoms. The summed E-state index contributed by atoms with van der Waals surface area (Å²) in [7, 11) is 5.18. The molecule has 3 aromatic rings. The van der Waals surface area contributed by atoms with Crippen LogP contribution in [0, 0.1) is 0 Å². The summed E-state index contributed by atoms with van der Waals surface area (Å²) < 4.78 is 5.40. The van der Waals surface area contributed by atoms with E-state index in [2.05, 4.69) is 15.6 Å². The van der Waals surface area contributed by atoms with E-state index in [0.29, 0.717) is 22.6 Å². The molecule has 28 heavy (non-hydrogen) atoms. The third kappa shape index (κ3) is 4.44. The molecule has 7 nitrogen and oxygen atoms in total. The fourth-order valence-corrected chi connectivity index (χ4v) is 2.79. The Labute approximate surface area is 163 Å². The number of nitrogens with zero attached hydrogens (tertiary/aromatic N) is 2. The van der Waals surface area contributed by atoms with Gasteiger partial charge in [0.15, 0.2) is 0 Å². The predicted octanol–water partition coefficient (Wildman–Crippen LogP) is 3.00. The van der Waals surface area contributed by atoms with Gasteiger partial charge in [0.1, 0.15) is 11.4 Å². The number of hydrogen-bond acceptors (Lipinski definition) is 5. The molecule has 0 bridgehead atoms. The van der Waals surface area contributed by atoms with Crippen molar-refractivity contribution in [3.63, 3.8) is 0 Å². The highest BCUT2D eigenvalue weighted by atomic mass is 16.5. The number of fused-ring (bicyclic) bond motifs is 1. The Morgan fingerprint density at radius 1 is 1.00 bits per heavy atom. The molecule has 0 fully saturated rings. The fourth-order valence-electron chi connectivity index (χ4n) is 2.79. The number of nitrogens with one attached hydrogen (secondary N) is 2. The molecule has 0 aliphatic rings. The molecule has 144 valence electrons. The molecule has 1 heterocycles. The van der Waals surface area contributed by atoms with E-state index in [1.165, 1.54) is 0 Å². The Morgan fingerprint density at radius 2 is 1.64 bits per heavy atom. The number of benzene rings is 2. The second-order valence-corrected chi connectivity index (χ2v) is 6.51. The fraction of sp³-hybridized carbons (Fsp3) is 0.190. The first-order chi connectivity index (χ1) is 13.5. The minimum Gasteiger partial charge on any atom is -0.496 e. The van der Waals surface area contributed by atoms with Crippen molar-refractivity contribution in [2.45, 2.75) is 0 Å². The number of methoxy groups -OCH3 is 1. The van der Waals surface area contributed by atoms with Crippen molar-refractivity contribution in [1.29, 1.82) is 0 Å². The zero-order valence-electron chi connectivity index (χ0n) is 16.0. The second kappa shape index (κ2) is 8.49. The summed E-state index contributed by atoms with van der Waals surface area (Å²) in [5.74, 6) is 0.0129. The van der Waals surface area contributed by atoms with Gasteiger partial charge in [0, 0.05) is 11.5 Å². The van der Waals surface area contributed by atoms with E-state index in [1.807, 2.05) is 38.4 Å². The Balaban J connectivity index is 1.86. The van der Waals surface area contributed by atoms with Gasteiger partial charge >= 0.3 is 0 Å². The molecule has 0 atom stereocenters. The topological polar surface area (TPSA) is 83.6 Å². The number of aromatic nitrogens is 1. The summed E-state index contributed by atoms with van der Waals surface area (Å²) in [4.78, 5) is 31.0. The number of pyridine rings is 1. The van der Waals surface area contributed by atoms with Crippen molar-refractivity contribution in [2.75, 3.05) is 38.4 Å². The molecule has 0 spiro atoms. The van der Waals surface area contributed by atoms with E-state index < -0.39 is 5.91 Å². The van der Waals surface area contributed by atoms with Crippen LogP contribution in [-0.2, 0) is 4.79 Å². The average molecular weight is 378 g/mol. The summed E-state index contributed by atoms with van der Waals surface area (Å²) in [6, 6.07) is 16.1. The number of anilines is 2. The maximum atomic E-state index is 12.8. The van der Waals surface area contributed by atoms with Crippen LogP contribution in [0.2, 0.25) is 0 Å². The van der Waals surface area contributed by atoms with Crippen LogP contribution in [0.1, 0.15) is 10.5 Å². The van der Waals surface area contributed by atoms with Crippen molar-refractivity contribution < 1.29 is 14.3 Å². The van der Waals surface area contributed by atoms with Gasteiger partial charge in [-0.2, -0.15) is 0 Å². The maximum absolute atomic E-state index is 12.8. The minimum absolute atomic E-state index is 0.169. The number of carbonyl (C=O) groups excluding carboxylic acids is 2. The van der Waals surface area contributed by atoms with E-state index >= 15 is 0 Å². The van der Waals surface area contributed by atoms with Crippen molar-refractivity contribution in [2.24, 2.45) is 0 Å². The number of ether oxygens (including phenoxy) is 1. The van der Waals surface area contributed by atoms with E-state index in [9.17, 15) is 9.59 Å². The lowest BCUT2D eigenvalue weighted by Crippen LogP contribution is -2.27. The standard InChI is InChI=1S/C21H22N4O3/c1-25(2)13-20(26)23-16-10-6-7-11-17(16)24-21(27)18-12-19(28-3)14-8-4-5-9-15(14)22-18/h4-12H,13H2,1-3H3,(H,23,26)(H,24,27). The van der Waals surface area contributed by atoms with Crippen LogP contribution in [0.5, 0.6) is 5.75 Å². The molecule has 2 aromatic carbocycles. The highest BCUT2D eigenvalue weighted by Crippen LogP contribution is 2.26. The van der Waals surface area contributed by atoms with E-state index in [-0.39, 0.29) is 18.1 Å². The molecular weight excluding hydrogens is 356 g/mol. The number of para-hydroxylation sites is 3. The monoisotopic (exact) mass is 378 g/mol. The summed E-state index contributed by atoms with van der Waals surface area (Å²) in [5.41, 5.74) is 1.91. The van der Waals surface area contributed by atoms with E-state index in [1.54, 1.807) is 42.3 Å². The Morgan fingerprint density at radius 3 is 2.32 bits per heavy atom. The smallest absolute Gasteiger partial charge is 0.274 e. The van der Waals surface area contributed by atoms with Gasteiger partial charge in [0.2, 0.25) is 5.91 Å². The van der Waals surface area contributed by atoms with Gasteiger partial charge in [0.05, 0.1) is 30.5 Å². The lowest BCUT2D eigenvalue weighted by atomic mass is 10.1. The first-order valence-electron chi connectivity index (χ1n) is 8.76. The average Bonchev–Trinajstić information content (AvgIpc) is 2.67. The predicted molar refractivity (Wildman–Crippen MR) is 110 cm³/mol. The minimum atomic E-state index is -0.390. The summed E-state index contributed by atoms with van der Waals surface area (Å²) in [6.45, 7) is 0.242. The summed E-state index contributed by atoms with van der Waals surface area (Å²) in [6.07, 6.45) is 0. The van der Waals surface area contributed by atoms with Gasteiger partial charge < -0.3 is 20.3 Å². The molecule has 0 aliphatic heterocycles. The summed E-state index contributed by atoms with van der Waals surface area (Å²) in [5, 5.41) is 6.46. The Hall–Kier alpha value is -3.45. The zero-order chi connectivity index (χ0) is 20.1. The van der Waals surface area contributed by atoms with Gasteiger partial charge in [0.25, 0.3) is 5.91 Å². The Kier molecular flexibility index (Phi) is 5.86. The molecular formula is C21H22N4O3. The van der Waals surface area contributed by atoms with Crippen LogP contribution >= 0.6 is 0 Å². The number of amides is 2. The van der Waals surface area contributed by atoms with Crippen molar-refractivity contribution in [1.82, 2.24) is 9.88 Å². The summed E-state index contributed by atoms with van der Waals surface area (Å²) >= 11 is 0. The largest absolute Gasteiger partial charge is 0.496 e. The third-order valence-electron chi connectivity index (χ3n) is 4.04. The lowest BCUT2D eigenvalue weighted by molar-refractivity contribution is -0.116. The highest BCUT2D eigenvalue weighted by molar-refractivity contribution is 6.07. The van der Waals surface area contributed by atoms with E-state index in [0.717, 1.165) is 5.39 Å². The van der Waals surface area contributed by atoms with Crippen molar-refractivity contribution in [3.05, 3.63) is 60.3 Å². The number of rotatable bonds is 6. The normalized spacial score (nSPS) is 10.7. The zero-order valence-corrected chi connectivity index (χ0v) is 16.0. The lowest BCUT2D eigenvalue weighted by Gasteiger charge is -2.14. The van der Waals surface area contributed by atoms with Crippen LogP contribution < -0.4 is 15.4 Å². The SMILES string of the molecule is COc1cc(C(=O)Nc2ccccc2NC(=O)CN(C)C)nc2ccccc12. The van der Waals surface area contributed by atoms with Gasteiger partial charge in [-0.1, -0.05) is 24.3 Å². The number of hydrogen-bond donors (Lipinski definition) is 2. The molecule has 1 aromatic heterocycles. The van der Waals surface area contributed by atoms with Gasteiger partial charge in [-0.15, -0.1) is 0 Å². The molecule has 2 N–H and O–H groups in total. The van der Waals surface area contributed by atoms with Crippen LogP contribution in [-0.4, -0.2) is 49.4 Å². The molecule has 3 rings (SSSR count). The molecule has 2 amide bonds.